The Morgan fingerprint density at radius 3 is 2.73 bits per heavy atom. The Balaban J connectivity index is 0.00000242. The summed E-state index contributed by atoms with van der Waals surface area (Å²) in [6.45, 7) is 2.25. The smallest absolute Gasteiger partial charge is 0.220 e. The predicted octanol–water partition coefficient (Wildman–Crippen LogP) is 2.90. The van der Waals surface area contributed by atoms with Gasteiger partial charge in [-0.05, 0) is 31.2 Å². The van der Waals surface area contributed by atoms with Crippen LogP contribution in [0, 0.1) is 5.82 Å². The van der Waals surface area contributed by atoms with Crippen molar-refractivity contribution < 1.29 is 13.6 Å². The highest BCUT2D eigenvalue weighted by Gasteiger charge is 2.11. The zero-order chi connectivity index (χ0) is 15.2. The molecule has 22 heavy (non-hydrogen) atoms. The fourth-order valence-electron chi connectivity index (χ4n) is 1.96. The summed E-state index contributed by atoms with van der Waals surface area (Å²) in [5.74, 6) is 0.729. The van der Waals surface area contributed by atoms with E-state index in [-0.39, 0.29) is 30.2 Å². The van der Waals surface area contributed by atoms with Crippen LogP contribution in [0.15, 0.2) is 40.8 Å². The number of carbonyl (C=O) groups is 1. The van der Waals surface area contributed by atoms with E-state index in [1.165, 1.54) is 6.07 Å². The van der Waals surface area contributed by atoms with Crippen LogP contribution in [0.5, 0.6) is 0 Å². The number of amides is 1. The molecule has 2 rings (SSSR count). The number of halogens is 2. The summed E-state index contributed by atoms with van der Waals surface area (Å²) >= 11 is 0. The van der Waals surface area contributed by atoms with Gasteiger partial charge >= 0.3 is 0 Å². The van der Waals surface area contributed by atoms with Gasteiger partial charge in [0, 0.05) is 25.4 Å². The molecule has 0 aliphatic carbocycles. The maximum Gasteiger partial charge on any atom is 0.220 e. The normalized spacial score (nSPS) is 11.6. The zero-order valence-corrected chi connectivity index (χ0v) is 13.2. The Bertz CT molecular complexity index is 616. The van der Waals surface area contributed by atoms with Crippen LogP contribution in [-0.4, -0.2) is 18.5 Å². The second-order valence-electron chi connectivity index (χ2n) is 4.95. The molecule has 6 heteroatoms. The minimum Gasteiger partial charge on any atom is -0.461 e. The standard InChI is InChI=1S/C16H19FN2O2.ClH/c1-11(10-18)19-16(20)9-7-12-6-8-15(21-12)13-4-2-3-5-14(13)17;/h2-6,8,11H,7,9-10,18H2,1H3,(H,19,20);1H/t11-;/m0./s1. The second-order valence-corrected chi connectivity index (χ2v) is 4.95. The molecule has 1 aromatic carbocycles. The summed E-state index contributed by atoms with van der Waals surface area (Å²) in [6, 6.07) is 9.87. The quantitative estimate of drug-likeness (QED) is 0.857. The highest BCUT2D eigenvalue weighted by molar-refractivity contribution is 5.85. The van der Waals surface area contributed by atoms with Crippen molar-refractivity contribution in [1.29, 1.82) is 0 Å². The Hall–Kier alpha value is -1.85. The summed E-state index contributed by atoms with van der Waals surface area (Å²) in [5.41, 5.74) is 5.86. The highest BCUT2D eigenvalue weighted by atomic mass is 35.5. The SMILES string of the molecule is C[C@@H](CN)NC(=O)CCc1ccc(-c2ccccc2F)o1.Cl. The molecule has 0 saturated heterocycles. The maximum absolute atomic E-state index is 13.6. The molecule has 0 spiro atoms. The van der Waals surface area contributed by atoms with Crippen molar-refractivity contribution in [3.8, 4) is 11.3 Å². The van der Waals surface area contributed by atoms with E-state index in [1.807, 2.05) is 6.92 Å². The fraction of sp³-hybridized carbons (Fsp3) is 0.312. The first-order valence-electron chi connectivity index (χ1n) is 6.93. The summed E-state index contributed by atoms with van der Waals surface area (Å²) in [7, 11) is 0. The average molecular weight is 327 g/mol. The first-order valence-corrected chi connectivity index (χ1v) is 6.93. The topological polar surface area (TPSA) is 68.3 Å². The van der Waals surface area contributed by atoms with Gasteiger partial charge in [-0.1, -0.05) is 12.1 Å². The van der Waals surface area contributed by atoms with Gasteiger partial charge < -0.3 is 15.5 Å². The number of rotatable bonds is 6. The van der Waals surface area contributed by atoms with Crippen LogP contribution in [0.25, 0.3) is 11.3 Å². The van der Waals surface area contributed by atoms with Gasteiger partial charge in [0.25, 0.3) is 0 Å². The molecule has 4 nitrogen and oxygen atoms in total. The van der Waals surface area contributed by atoms with E-state index in [1.54, 1.807) is 30.3 Å². The van der Waals surface area contributed by atoms with Crippen molar-refractivity contribution in [1.82, 2.24) is 5.32 Å². The second kappa shape index (κ2) is 8.56. The molecular weight excluding hydrogens is 307 g/mol. The molecule has 0 bridgehead atoms. The van der Waals surface area contributed by atoms with E-state index in [9.17, 15) is 9.18 Å². The van der Waals surface area contributed by atoms with Gasteiger partial charge in [0.15, 0.2) is 0 Å². The average Bonchev–Trinajstić information content (AvgIpc) is 2.94. The Morgan fingerprint density at radius 2 is 2.05 bits per heavy atom. The number of nitrogens with one attached hydrogen (secondary N) is 1. The van der Waals surface area contributed by atoms with Crippen molar-refractivity contribution in [3.63, 3.8) is 0 Å². The Labute approximate surface area is 135 Å². The molecule has 3 N–H and O–H groups in total. The summed E-state index contributed by atoms with van der Waals surface area (Å²) < 4.78 is 19.2. The lowest BCUT2D eigenvalue weighted by atomic mass is 10.1. The van der Waals surface area contributed by atoms with E-state index in [0.29, 0.717) is 36.5 Å². The molecule has 0 saturated carbocycles. The lowest BCUT2D eigenvalue weighted by molar-refractivity contribution is -0.121. The zero-order valence-electron chi connectivity index (χ0n) is 12.3. The van der Waals surface area contributed by atoms with Crippen molar-refractivity contribution in [2.75, 3.05) is 6.54 Å². The summed E-state index contributed by atoms with van der Waals surface area (Å²) in [5, 5.41) is 2.78. The lowest BCUT2D eigenvalue weighted by Gasteiger charge is -2.10. The molecule has 120 valence electrons. The Kier molecular flexibility index (Phi) is 7.08. The fourth-order valence-corrected chi connectivity index (χ4v) is 1.96. The molecule has 0 aliphatic rings. The minimum atomic E-state index is -0.326. The third-order valence-corrected chi connectivity index (χ3v) is 3.16. The Morgan fingerprint density at radius 1 is 1.32 bits per heavy atom. The van der Waals surface area contributed by atoms with E-state index in [0.717, 1.165) is 0 Å². The monoisotopic (exact) mass is 326 g/mol. The van der Waals surface area contributed by atoms with Gasteiger partial charge in [-0.15, -0.1) is 12.4 Å². The van der Waals surface area contributed by atoms with Crippen LogP contribution >= 0.6 is 12.4 Å². The third kappa shape index (κ3) is 4.86. The highest BCUT2D eigenvalue weighted by Crippen LogP contribution is 2.25. The molecular formula is C16H20ClFN2O2. The van der Waals surface area contributed by atoms with E-state index in [4.69, 9.17) is 10.2 Å². The molecule has 2 aromatic rings. The number of carbonyl (C=O) groups excluding carboxylic acids is 1. The van der Waals surface area contributed by atoms with Crippen LogP contribution in [0.4, 0.5) is 4.39 Å². The minimum absolute atomic E-state index is 0. The van der Waals surface area contributed by atoms with Crippen molar-refractivity contribution in [3.05, 3.63) is 48.0 Å². The summed E-state index contributed by atoms with van der Waals surface area (Å²) in [6.07, 6.45) is 0.784. The molecule has 1 heterocycles. The van der Waals surface area contributed by atoms with Crippen LogP contribution in [-0.2, 0) is 11.2 Å². The molecule has 1 amide bonds. The van der Waals surface area contributed by atoms with E-state index in [2.05, 4.69) is 5.32 Å². The predicted molar refractivity (Wildman–Crippen MR) is 86.3 cm³/mol. The van der Waals surface area contributed by atoms with Crippen molar-refractivity contribution >= 4 is 18.3 Å². The summed E-state index contributed by atoms with van der Waals surface area (Å²) in [4.78, 5) is 11.6. The number of aryl methyl sites for hydroxylation is 1. The van der Waals surface area contributed by atoms with E-state index < -0.39 is 0 Å². The van der Waals surface area contributed by atoms with Crippen LogP contribution in [0.1, 0.15) is 19.1 Å². The molecule has 0 unspecified atom stereocenters. The molecule has 1 aromatic heterocycles. The number of benzene rings is 1. The third-order valence-electron chi connectivity index (χ3n) is 3.16. The van der Waals surface area contributed by atoms with Gasteiger partial charge in [0.05, 0.1) is 5.56 Å². The maximum atomic E-state index is 13.6. The number of nitrogens with two attached hydrogens (primary N) is 1. The van der Waals surface area contributed by atoms with Gasteiger partial charge in [-0.2, -0.15) is 0 Å². The molecule has 0 aliphatic heterocycles. The van der Waals surface area contributed by atoms with Gasteiger partial charge in [0.1, 0.15) is 17.3 Å². The van der Waals surface area contributed by atoms with Gasteiger partial charge in [-0.3, -0.25) is 4.79 Å². The largest absolute Gasteiger partial charge is 0.461 e. The number of hydrogen-bond donors (Lipinski definition) is 2. The lowest BCUT2D eigenvalue weighted by Crippen LogP contribution is -2.37. The number of hydrogen-bond acceptors (Lipinski definition) is 3. The number of furan rings is 1. The first kappa shape index (κ1) is 18.2. The van der Waals surface area contributed by atoms with Gasteiger partial charge in [-0.25, -0.2) is 4.39 Å². The molecule has 1 atom stereocenters. The van der Waals surface area contributed by atoms with Crippen LogP contribution < -0.4 is 11.1 Å². The first-order chi connectivity index (χ1) is 10.1. The molecule has 0 fully saturated rings. The van der Waals surface area contributed by atoms with E-state index >= 15 is 0 Å². The van der Waals surface area contributed by atoms with Gasteiger partial charge in [0.2, 0.25) is 5.91 Å². The molecule has 0 radical (unpaired) electrons. The van der Waals surface area contributed by atoms with Crippen LogP contribution in [0.3, 0.4) is 0 Å². The van der Waals surface area contributed by atoms with Crippen molar-refractivity contribution in [2.24, 2.45) is 5.73 Å². The van der Waals surface area contributed by atoms with Crippen LogP contribution in [0.2, 0.25) is 0 Å². The van der Waals surface area contributed by atoms with Crippen molar-refractivity contribution in [2.45, 2.75) is 25.8 Å².